The molecular weight excluding hydrogens is 945 g/mol. The van der Waals surface area contributed by atoms with Gasteiger partial charge < -0.3 is 28.7 Å². The lowest BCUT2D eigenvalue weighted by atomic mass is 9.59. The van der Waals surface area contributed by atoms with Crippen LogP contribution in [0.5, 0.6) is 11.5 Å². The Labute approximate surface area is 423 Å². The van der Waals surface area contributed by atoms with Crippen LogP contribution in [0, 0.1) is 0 Å². The van der Waals surface area contributed by atoms with Gasteiger partial charge in [-0.15, -0.1) is 0 Å². The second-order valence-electron chi connectivity index (χ2n) is 20.4. The third kappa shape index (κ3) is 12.4. The molecule has 0 unspecified atom stereocenters. The maximum atomic E-state index is 11.4. The molecule has 2 aliphatic carbocycles. The van der Waals surface area contributed by atoms with Crippen molar-refractivity contribution in [3.05, 3.63) is 165 Å². The molecule has 0 amide bonds. The van der Waals surface area contributed by atoms with Gasteiger partial charge in [-0.05, 0) is 142 Å². The smallest absolute Gasteiger partial charge is 0.306 e. The fraction of sp³-hybridized carbons (Fsp3) is 0.458. The zero-order valence-electron chi connectivity index (χ0n) is 42.6. The molecule has 8 rings (SSSR count). The van der Waals surface area contributed by atoms with Crippen molar-refractivity contribution in [1.29, 1.82) is 0 Å². The van der Waals surface area contributed by atoms with Crippen LogP contribution in [0.1, 0.15) is 187 Å². The lowest BCUT2D eigenvalue weighted by molar-refractivity contribution is -0.141. The topological polar surface area (TPSA) is 145 Å². The number of phenolic OH excluding ortho intramolecular Hbond substituents is 1. The molecule has 2 aromatic heterocycles. The van der Waals surface area contributed by atoms with E-state index in [-0.39, 0.29) is 47.2 Å². The lowest BCUT2D eigenvalue weighted by Crippen LogP contribution is -2.37. The van der Waals surface area contributed by atoms with E-state index in [1.54, 1.807) is 47.5 Å². The molecule has 10 nitrogen and oxygen atoms in total. The number of aliphatic carboxylic acids is 1. The van der Waals surface area contributed by atoms with Crippen LogP contribution >= 0.6 is 15.9 Å². The fourth-order valence-corrected chi connectivity index (χ4v) is 11.1. The summed E-state index contributed by atoms with van der Waals surface area (Å²) >= 11 is 3.60. The summed E-state index contributed by atoms with van der Waals surface area (Å²) < 4.78 is 20.5. The SMILES string of the molecule is CCC1(CC)CCC(C)(C)c2ccc(CBr)cc21.CCC1(CC)CCC(C)(C)c2ccc(COc3ccc([C@H](CC(=O)O)c4ccon4)cc3)cc21.COC(=O)C[C@@H](c1ccc(O)cc1)c1ccon1. The number of aromatic hydroxyl groups is 1. The summed E-state index contributed by atoms with van der Waals surface area (Å²) in [7, 11) is 1.35. The Morgan fingerprint density at radius 1 is 0.629 bits per heavy atom. The average molecular weight is 1020 g/mol. The first-order valence-electron chi connectivity index (χ1n) is 24.9. The van der Waals surface area contributed by atoms with Crippen LogP contribution in [0.3, 0.4) is 0 Å². The number of carboxylic acids is 1. The van der Waals surface area contributed by atoms with Crippen LogP contribution in [0.2, 0.25) is 0 Å². The Bertz CT molecular complexity index is 2590. The Balaban J connectivity index is 0.000000188. The molecule has 0 fully saturated rings. The predicted octanol–water partition coefficient (Wildman–Crippen LogP) is 14.8. The van der Waals surface area contributed by atoms with Gasteiger partial charge in [-0.3, -0.25) is 9.59 Å². The van der Waals surface area contributed by atoms with Crippen molar-refractivity contribution in [1.82, 2.24) is 10.3 Å². The number of alkyl halides is 1. The molecule has 374 valence electrons. The molecule has 6 aromatic rings. The predicted molar refractivity (Wildman–Crippen MR) is 279 cm³/mol. The molecule has 2 heterocycles. The third-order valence-electron chi connectivity index (χ3n) is 15.7. The van der Waals surface area contributed by atoms with Crippen molar-refractivity contribution in [3.63, 3.8) is 0 Å². The van der Waals surface area contributed by atoms with Gasteiger partial charge in [-0.25, -0.2) is 0 Å². The summed E-state index contributed by atoms with van der Waals surface area (Å²) in [5, 5.41) is 27.4. The molecule has 70 heavy (non-hydrogen) atoms. The van der Waals surface area contributed by atoms with Crippen molar-refractivity contribution in [2.24, 2.45) is 0 Å². The highest BCUT2D eigenvalue weighted by molar-refractivity contribution is 9.08. The van der Waals surface area contributed by atoms with Gasteiger partial charge in [0.2, 0.25) is 0 Å². The second kappa shape index (κ2) is 23.5. The molecular formula is C59H73BrN2O8. The first kappa shape index (κ1) is 53.7. The number of aromatic nitrogens is 2. The Kier molecular flexibility index (Phi) is 18.0. The monoisotopic (exact) mass is 1020 g/mol. The maximum Gasteiger partial charge on any atom is 0.306 e. The number of methoxy groups -OCH3 is 1. The van der Waals surface area contributed by atoms with E-state index in [4.69, 9.17) is 13.8 Å². The second-order valence-corrected chi connectivity index (χ2v) is 21.0. The number of phenols is 1. The molecule has 0 spiro atoms. The summed E-state index contributed by atoms with van der Waals surface area (Å²) in [5.74, 6) is -0.860. The van der Waals surface area contributed by atoms with Crippen LogP contribution in [0.4, 0.5) is 0 Å². The molecule has 0 aliphatic heterocycles. The van der Waals surface area contributed by atoms with E-state index in [1.165, 1.54) is 80.4 Å². The largest absolute Gasteiger partial charge is 0.508 e. The highest BCUT2D eigenvalue weighted by Crippen LogP contribution is 2.51. The van der Waals surface area contributed by atoms with Gasteiger partial charge in [-0.1, -0.05) is 142 Å². The normalized spacial score (nSPS) is 16.7. The van der Waals surface area contributed by atoms with Gasteiger partial charge in [0, 0.05) is 29.3 Å². The van der Waals surface area contributed by atoms with Crippen molar-refractivity contribution in [2.45, 2.75) is 165 Å². The number of esters is 1. The number of rotatable bonds is 16. The molecule has 4 aromatic carbocycles. The van der Waals surface area contributed by atoms with Crippen molar-refractivity contribution in [2.75, 3.05) is 7.11 Å². The molecule has 2 aliphatic rings. The van der Waals surface area contributed by atoms with Crippen LogP contribution in [0.25, 0.3) is 0 Å². The molecule has 2 atom stereocenters. The summed E-state index contributed by atoms with van der Waals surface area (Å²) in [6.45, 7) is 19.3. The average Bonchev–Trinajstić information content (AvgIpc) is 4.12. The highest BCUT2D eigenvalue weighted by Gasteiger charge is 2.42. The van der Waals surface area contributed by atoms with Crippen molar-refractivity contribution < 1.29 is 38.3 Å². The first-order valence-corrected chi connectivity index (χ1v) is 26.0. The quantitative estimate of drug-likeness (QED) is 0.0710. The van der Waals surface area contributed by atoms with Crippen molar-refractivity contribution in [3.8, 4) is 11.5 Å². The van der Waals surface area contributed by atoms with Gasteiger partial charge in [0.05, 0.1) is 31.3 Å². The zero-order chi connectivity index (χ0) is 50.7. The molecule has 0 saturated heterocycles. The Morgan fingerprint density at radius 2 is 1.09 bits per heavy atom. The van der Waals surface area contributed by atoms with Crippen LogP contribution in [-0.2, 0) is 47.9 Å². The number of carbonyl (C=O) groups is 2. The number of nitrogens with zero attached hydrogens (tertiary/aromatic N) is 2. The van der Waals surface area contributed by atoms with Crippen LogP contribution < -0.4 is 4.74 Å². The molecule has 0 radical (unpaired) electrons. The Hall–Kier alpha value is -5.68. The number of benzene rings is 4. The maximum absolute atomic E-state index is 11.4. The molecule has 11 heteroatoms. The van der Waals surface area contributed by atoms with E-state index in [0.29, 0.717) is 28.8 Å². The van der Waals surface area contributed by atoms with Gasteiger partial charge in [0.1, 0.15) is 30.6 Å². The molecule has 2 N–H and O–H groups in total. The van der Waals surface area contributed by atoms with E-state index in [9.17, 15) is 19.8 Å². The molecule has 0 saturated carbocycles. The van der Waals surface area contributed by atoms with E-state index in [2.05, 4.69) is 123 Å². The number of fused-ring (bicyclic) bond motifs is 2. The minimum Gasteiger partial charge on any atom is -0.508 e. The first-order chi connectivity index (χ1) is 33.5. The van der Waals surface area contributed by atoms with Gasteiger partial charge in [0.15, 0.2) is 0 Å². The number of ether oxygens (including phenoxy) is 2. The number of hydrogen-bond donors (Lipinski definition) is 2. The number of carboxylic acid groups (broad SMARTS) is 1. The van der Waals surface area contributed by atoms with Crippen LogP contribution in [0.15, 0.2) is 119 Å². The minimum absolute atomic E-state index is 0.0468. The van der Waals surface area contributed by atoms with E-state index < -0.39 is 5.97 Å². The van der Waals surface area contributed by atoms with E-state index in [1.807, 2.05) is 24.3 Å². The zero-order valence-corrected chi connectivity index (χ0v) is 44.2. The standard InChI is InChI=1S/C29H35NO4.C17H25Br.C13H13NO4/c1-5-29(6-2)15-14-28(3,4)24-12-7-20(17-25(24)29)19-33-22-10-8-21(9-11-22)23(18-27(31)32)26-13-16-34-30-26;1-5-17(6-2)10-9-16(3,4)14-8-7-13(12-18)11-15(14)17;1-17-13(16)8-11(12-6-7-18-14-12)9-2-4-10(15)5-3-9/h7-13,16-17,23H,5-6,14-15,18-19H2,1-4H3,(H,31,32);7-8,11H,5-6,9-10,12H2,1-4H3;2-7,11,15H,8H2,1H3/t23-;;11-/m0.0/s1. The van der Waals surface area contributed by atoms with E-state index in [0.717, 1.165) is 35.0 Å². The van der Waals surface area contributed by atoms with Gasteiger partial charge in [0.25, 0.3) is 0 Å². The third-order valence-corrected chi connectivity index (χ3v) is 16.3. The summed E-state index contributed by atoms with van der Waals surface area (Å²) in [6.07, 6.45) is 13.0. The van der Waals surface area contributed by atoms with Gasteiger partial charge in [-0.2, -0.15) is 0 Å². The fourth-order valence-electron chi connectivity index (χ4n) is 10.7. The van der Waals surface area contributed by atoms with Crippen molar-refractivity contribution >= 4 is 27.9 Å². The minimum atomic E-state index is -0.876. The summed E-state index contributed by atoms with van der Waals surface area (Å²) in [5.41, 5.74) is 13.0. The number of hydrogen-bond acceptors (Lipinski definition) is 9. The highest BCUT2D eigenvalue weighted by atomic mass is 79.9. The van der Waals surface area contributed by atoms with E-state index >= 15 is 0 Å². The van der Waals surface area contributed by atoms with Crippen LogP contribution in [-0.4, -0.2) is 39.6 Å². The van der Waals surface area contributed by atoms with Gasteiger partial charge >= 0.3 is 11.9 Å². The summed E-state index contributed by atoms with van der Waals surface area (Å²) in [4.78, 5) is 22.8. The number of carbonyl (C=O) groups excluding carboxylic acids is 1. The number of halogens is 1. The summed E-state index contributed by atoms with van der Waals surface area (Å²) in [6, 6.07) is 31.7. The lowest BCUT2D eigenvalue weighted by Gasteiger charge is -2.45. The molecule has 0 bridgehead atoms. The Morgan fingerprint density at radius 3 is 1.51 bits per heavy atom.